The molecule has 8 nitrogen and oxygen atoms in total. The number of hydrogen-bond donors (Lipinski definition) is 1. The molecule has 0 unspecified atom stereocenters. The van der Waals surface area contributed by atoms with Crippen LogP contribution in [0.2, 0.25) is 0 Å². The van der Waals surface area contributed by atoms with Gasteiger partial charge in [0.1, 0.15) is 0 Å². The van der Waals surface area contributed by atoms with Gasteiger partial charge in [0.2, 0.25) is 21.7 Å². The van der Waals surface area contributed by atoms with Crippen LogP contribution in [-0.4, -0.2) is 37.8 Å². The topological polar surface area (TPSA) is 105 Å². The van der Waals surface area contributed by atoms with Crippen molar-refractivity contribution >= 4 is 33.0 Å². The van der Waals surface area contributed by atoms with E-state index in [-0.39, 0.29) is 12.5 Å². The maximum absolute atomic E-state index is 12.4. The molecule has 1 amide bonds. The summed E-state index contributed by atoms with van der Waals surface area (Å²) in [6.07, 6.45) is 1.13. The number of hydrogen-bond acceptors (Lipinski definition) is 7. The minimum atomic E-state index is -3.37. The lowest BCUT2D eigenvalue weighted by molar-refractivity contribution is 0.0946. The third-order valence-electron chi connectivity index (χ3n) is 3.91. The standard InChI is InChI=1S/C17H18N4O4S2/c1-11-9-12(6-7-13(11)21(2)27(3,23)24)17(22)18-10-15-19-16(20-25-15)14-5-4-8-26-14/h4-9H,10H2,1-3H3,(H,18,22). The van der Waals surface area contributed by atoms with Crippen molar-refractivity contribution < 1.29 is 17.7 Å². The van der Waals surface area contributed by atoms with E-state index in [0.29, 0.717) is 28.5 Å². The largest absolute Gasteiger partial charge is 0.343 e. The highest BCUT2D eigenvalue weighted by Gasteiger charge is 2.16. The second-order valence-electron chi connectivity index (χ2n) is 5.90. The number of benzene rings is 1. The molecule has 3 rings (SSSR count). The highest BCUT2D eigenvalue weighted by molar-refractivity contribution is 7.92. The molecule has 10 heteroatoms. The lowest BCUT2D eigenvalue weighted by Crippen LogP contribution is -2.26. The number of carbonyl (C=O) groups is 1. The number of rotatable bonds is 6. The van der Waals surface area contributed by atoms with Crippen molar-refractivity contribution in [1.82, 2.24) is 15.5 Å². The highest BCUT2D eigenvalue weighted by atomic mass is 32.2. The number of aryl methyl sites for hydroxylation is 1. The molecular weight excluding hydrogens is 388 g/mol. The van der Waals surface area contributed by atoms with Gasteiger partial charge in [-0.15, -0.1) is 11.3 Å². The van der Waals surface area contributed by atoms with Gasteiger partial charge >= 0.3 is 0 Å². The van der Waals surface area contributed by atoms with Crippen LogP contribution < -0.4 is 9.62 Å². The third-order valence-corrected chi connectivity index (χ3v) is 5.96. The molecule has 1 aromatic carbocycles. The number of nitrogens with one attached hydrogen (secondary N) is 1. The van der Waals surface area contributed by atoms with Gasteiger partial charge in [-0.3, -0.25) is 9.10 Å². The Hall–Kier alpha value is -2.72. The quantitative estimate of drug-likeness (QED) is 0.674. The lowest BCUT2D eigenvalue weighted by Gasteiger charge is -2.19. The van der Waals surface area contributed by atoms with Gasteiger partial charge in [0.15, 0.2) is 0 Å². The second kappa shape index (κ2) is 7.49. The Kier molecular flexibility index (Phi) is 5.29. The predicted octanol–water partition coefficient (Wildman–Crippen LogP) is 2.43. The molecule has 2 heterocycles. The van der Waals surface area contributed by atoms with E-state index in [1.807, 2.05) is 17.5 Å². The van der Waals surface area contributed by atoms with Gasteiger partial charge in [-0.05, 0) is 42.1 Å². The summed E-state index contributed by atoms with van der Waals surface area (Å²) < 4.78 is 29.7. The zero-order chi connectivity index (χ0) is 19.6. The van der Waals surface area contributed by atoms with Gasteiger partial charge in [-0.2, -0.15) is 4.98 Å². The minimum absolute atomic E-state index is 0.0985. The fourth-order valence-electron chi connectivity index (χ4n) is 2.42. The lowest BCUT2D eigenvalue weighted by atomic mass is 10.1. The maximum Gasteiger partial charge on any atom is 0.251 e. The molecule has 3 aromatic rings. The summed E-state index contributed by atoms with van der Waals surface area (Å²) in [5.41, 5.74) is 1.61. The molecule has 0 aliphatic rings. The van der Waals surface area contributed by atoms with Crippen molar-refractivity contribution in [2.24, 2.45) is 0 Å². The van der Waals surface area contributed by atoms with E-state index >= 15 is 0 Å². The average molecular weight is 406 g/mol. The number of sulfonamides is 1. The van der Waals surface area contributed by atoms with E-state index in [9.17, 15) is 13.2 Å². The molecule has 142 valence electrons. The Bertz CT molecular complexity index is 1060. The number of aromatic nitrogens is 2. The van der Waals surface area contributed by atoms with Crippen LogP contribution in [0.15, 0.2) is 40.2 Å². The van der Waals surface area contributed by atoms with Gasteiger partial charge in [-0.25, -0.2) is 8.42 Å². The fraction of sp³-hybridized carbons (Fsp3) is 0.235. The molecule has 1 N–H and O–H groups in total. The normalized spacial score (nSPS) is 11.4. The second-order valence-corrected chi connectivity index (χ2v) is 8.86. The molecule has 0 aliphatic carbocycles. The Morgan fingerprint density at radius 3 is 2.74 bits per heavy atom. The smallest absolute Gasteiger partial charge is 0.251 e. The van der Waals surface area contributed by atoms with Gasteiger partial charge in [0, 0.05) is 12.6 Å². The van der Waals surface area contributed by atoms with E-state index < -0.39 is 10.0 Å². The van der Waals surface area contributed by atoms with Crippen LogP contribution in [-0.2, 0) is 16.6 Å². The van der Waals surface area contributed by atoms with Gasteiger partial charge < -0.3 is 9.84 Å². The van der Waals surface area contributed by atoms with Crippen molar-refractivity contribution in [2.45, 2.75) is 13.5 Å². The fourth-order valence-corrected chi connectivity index (χ4v) is 3.63. The monoisotopic (exact) mass is 406 g/mol. The van der Waals surface area contributed by atoms with Crippen LogP contribution in [0.25, 0.3) is 10.7 Å². The van der Waals surface area contributed by atoms with Crippen LogP contribution in [0.3, 0.4) is 0 Å². The van der Waals surface area contributed by atoms with Crippen LogP contribution in [0, 0.1) is 6.92 Å². The molecule has 0 bridgehead atoms. The van der Waals surface area contributed by atoms with Crippen LogP contribution >= 0.6 is 11.3 Å². The molecule has 0 saturated carbocycles. The third kappa shape index (κ3) is 4.34. The first-order valence-corrected chi connectivity index (χ1v) is 10.7. The Labute approximate surface area is 160 Å². The van der Waals surface area contributed by atoms with Gasteiger partial charge in [0.25, 0.3) is 5.91 Å². The molecule has 0 radical (unpaired) electrons. The molecule has 0 atom stereocenters. The molecule has 0 aliphatic heterocycles. The van der Waals surface area contributed by atoms with Crippen LogP contribution in [0.1, 0.15) is 21.8 Å². The van der Waals surface area contributed by atoms with Crippen molar-refractivity contribution in [1.29, 1.82) is 0 Å². The average Bonchev–Trinajstić information content (AvgIpc) is 3.29. The van der Waals surface area contributed by atoms with E-state index in [4.69, 9.17) is 4.52 Å². The van der Waals surface area contributed by atoms with Gasteiger partial charge in [-0.1, -0.05) is 11.2 Å². The first-order valence-electron chi connectivity index (χ1n) is 7.95. The van der Waals surface area contributed by atoms with Crippen molar-refractivity contribution in [3.05, 3.63) is 52.7 Å². The highest BCUT2D eigenvalue weighted by Crippen LogP contribution is 2.23. The zero-order valence-corrected chi connectivity index (χ0v) is 16.6. The molecule has 27 heavy (non-hydrogen) atoms. The van der Waals surface area contributed by atoms with Crippen molar-refractivity contribution in [2.75, 3.05) is 17.6 Å². The predicted molar refractivity (Wildman–Crippen MR) is 103 cm³/mol. The minimum Gasteiger partial charge on any atom is -0.343 e. The van der Waals surface area contributed by atoms with Crippen LogP contribution in [0.4, 0.5) is 5.69 Å². The van der Waals surface area contributed by atoms with E-state index in [2.05, 4.69) is 15.5 Å². The SMILES string of the molecule is Cc1cc(C(=O)NCc2nc(-c3cccs3)no2)ccc1N(C)S(C)(=O)=O. The summed E-state index contributed by atoms with van der Waals surface area (Å²) in [5.74, 6) is 0.470. The van der Waals surface area contributed by atoms with E-state index in [1.54, 1.807) is 25.1 Å². The number of nitrogens with zero attached hydrogens (tertiary/aromatic N) is 3. The van der Waals surface area contributed by atoms with Gasteiger partial charge in [0.05, 0.1) is 23.4 Å². The van der Waals surface area contributed by atoms with E-state index in [0.717, 1.165) is 11.1 Å². The zero-order valence-electron chi connectivity index (χ0n) is 15.0. The van der Waals surface area contributed by atoms with Crippen molar-refractivity contribution in [3.63, 3.8) is 0 Å². The molecule has 0 fully saturated rings. The Morgan fingerprint density at radius 1 is 1.33 bits per heavy atom. The summed E-state index contributed by atoms with van der Waals surface area (Å²) in [5, 5.41) is 8.52. The molecular formula is C17H18N4O4S2. The summed E-state index contributed by atoms with van der Waals surface area (Å²) in [7, 11) is -1.90. The molecule has 0 saturated heterocycles. The first-order chi connectivity index (χ1) is 12.8. The number of amides is 1. The van der Waals surface area contributed by atoms with Crippen LogP contribution in [0.5, 0.6) is 0 Å². The molecule has 0 spiro atoms. The first kappa shape index (κ1) is 19.1. The Balaban J connectivity index is 1.67. The van der Waals surface area contributed by atoms with E-state index in [1.165, 1.54) is 22.7 Å². The number of thiophene rings is 1. The maximum atomic E-state index is 12.4. The number of carbonyl (C=O) groups excluding carboxylic acids is 1. The summed E-state index contributed by atoms with van der Waals surface area (Å²) in [6.45, 7) is 1.85. The summed E-state index contributed by atoms with van der Waals surface area (Å²) in [4.78, 5) is 17.5. The van der Waals surface area contributed by atoms with Crippen molar-refractivity contribution in [3.8, 4) is 10.7 Å². The number of anilines is 1. The molecule has 2 aromatic heterocycles. The summed E-state index contributed by atoms with van der Waals surface area (Å²) in [6, 6.07) is 8.59. The Morgan fingerprint density at radius 2 is 2.11 bits per heavy atom. The summed E-state index contributed by atoms with van der Waals surface area (Å²) >= 11 is 1.50.